The third-order valence-electron chi connectivity index (χ3n) is 2.74. The predicted octanol–water partition coefficient (Wildman–Crippen LogP) is 2.27. The van der Waals surface area contributed by atoms with Crippen LogP contribution in [-0.2, 0) is 10.0 Å². The van der Waals surface area contributed by atoms with Gasteiger partial charge in [-0.3, -0.25) is 0 Å². The van der Waals surface area contributed by atoms with Crippen molar-refractivity contribution in [3.05, 3.63) is 40.3 Å². The van der Waals surface area contributed by atoms with E-state index in [0.717, 1.165) is 16.3 Å². The highest BCUT2D eigenvalue weighted by Crippen LogP contribution is 2.25. The first kappa shape index (κ1) is 14.0. The molecule has 1 aromatic heterocycles. The van der Waals surface area contributed by atoms with Crippen molar-refractivity contribution in [2.24, 2.45) is 5.14 Å². The zero-order valence-corrected chi connectivity index (χ0v) is 12.3. The van der Waals surface area contributed by atoms with Gasteiger partial charge in [0.25, 0.3) is 0 Å². The minimum atomic E-state index is -3.63. The SMILES string of the molecule is Cc1ncsc1C(C)Nc1ccc(S(N)(=O)=O)cc1. The maximum Gasteiger partial charge on any atom is 0.238 e. The van der Waals surface area contributed by atoms with Crippen LogP contribution in [0.1, 0.15) is 23.5 Å². The summed E-state index contributed by atoms with van der Waals surface area (Å²) >= 11 is 1.59. The molecule has 0 aliphatic rings. The monoisotopic (exact) mass is 297 g/mol. The smallest absolute Gasteiger partial charge is 0.238 e. The van der Waals surface area contributed by atoms with Gasteiger partial charge in [0.2, 0.25) is 10.0 Å². The van der Waals surface area contributed by atoms with E-state index in [4.69, 9.17) is 5.14 Å². The molecule has 1 atom stereocenters. The van der Waals surface area contributed by atoms with E-state index in [1.807, 2.05) is 19.4 Å². The molecule has 0 saturated carbocycles. The number of nitrogens with two attached hydrogens (primary N) is 1. The van der Waals surface area contributed by atoms with Crippen LogP contribution in [-0.4, -0.2) is 13.4 Å². The second kappa shape index (κ2) is 5.28. The molecule has 0 aliphatic heterocycles. The Labute approximate surface area is 116 Å². The molecule has 0 bridgehead atoms. The van der Waals surface area contributed by atoms with Crippen LogP contribution in [0.25, 0.3) is 0 Å². The van der Waals surface area contributed by atoms with Crippen LogP contribution in [0, 0.1) is 6.92 Å². The number of primary sulfonamides is 1. The Morgan fingerprint density at radius 3 is 2.42 bits per heavy atom. The number of nitrogens with one attached hydrogen (secondary N) is 1. The van der Waals surface area contributed by atoms with Crippen molar-refractivity contribution in [3.8, 4) is 0 Å². The molecule has 102 valence electrons. The topological polar surface area (TPSA) is 85.1 Å². The number of sulfonamides is 1. The molecule has 0 radical (unpaired) electrons. The molecule has 0 saturated heterocycles. The first-order valence-corrected chi connectivity index (χ1v) is 8.10. The Morgan fingerprint density at radius 1 is 1.32 bits per heavy atom. The number of nitrogens with zero attached hydrogens (tertiary/aromatic N) is 1. The van der Waals surface area contributed by atoms with Gasteiger partial charge in [-0.15, -0.1) is 11.3 Å². The van der Waals surface area contributed by atoms with Gasteiger partial charge in [0.15, 0.2) is 0 Å². The summed E-state index contributed by atoms with van der Waals surface area (Å²) in [6.07, 6.45) is 0. The Balaban J connectivity index is 2.14. The average molecular weight is 297 g/mol. The highest BCUT2D eigenvalue weighted by molar-refractivity contribution is 7.89. The van der Waals surface area contributed by atoms with Gasteiger partial charge in [-0.1, -0.05) is 0 Å². The van der Waals surface area contributed by atoms with Crippen molar-refractivity contribution in [2.45, 2.75) is 24.8 Å². The molecule has 3 N–H and O–H groups in total. The zero-order chi connectivity index (χ0) is 14.0. The number of rotatable bonds is 4. The summed E-state index contributed by atoms with van der Waals surface area (Å²) in [6.45, 7) is 4.00. The molecule has 2 rings (SSSR count). The Morgan fingerprint density at radius 2 is 1.95 bits per heavy atom. The van der Waals surface area contributed by atoms with Gasteiger partial charge in [0.05, 0.1) is 22.1 Å². The fraction of sp³-hybridized carbons (Fsp3) is 0.250. The van der Waals surface area contributed by atoms with E-state index in [-0.39, 0.29) is 10.9 Å². The van der Waals surface area contributed by atoms with E-state index in [1.54, 1.807) is 23.5 Å². The van der Waals surface area contributed by atoms with Crippen molar-refractivity contribution >= 4 is 27.0 Å². The molecule has 0 spiro atoms. The van der Waals surface area contributed by atoms with Crippen molar-refractivity contribution in [2.75, 3.05) is 5.32 Å². The Bertz CT molecular complexity index is 663. The van der Waals surface area contributed by atoms with Crippen LogP contribution in [0.2, 0.25) is 0 Å². The highest BCUT2D eigenvalue weighted by Gasteiger charge is 2.11. The molecule has 0 aliphatic carbocycles. The first-order chi connectivity index (χ1) is 8.88. The molecule has 19 heavy (non-hydrogen) atoms. The number of thiazole rings is 1. The van der Waals surface area contributed by atoms with Gasteiger partial charge in [-0.2, -0.15) is 0 Å². The van der Waals surface area contributed by atoms with Crippen LogP contribution < -0.4 is 10.5 Å². The summed E-state index contributed by atoms with van der Waals surface area (Å²) in [5, 5.41) is 8.35. The fourth-order valence-corrected chi connectivity index (χ4v) is 3.11. The van der Waals surface area contributed by atoms with E-state index >= 15 is 0 Å². The fourth-order valence-electron chi connectivity index (χ4n) is 1.78. The molecule has 5 nitrogen and oxygen atoms in total. The zero-order valence-electron chi connectivity index (χ0n) is 10.6. The molecule has 0 fully saturated rings. The average Bonchev–Trinajstić information content (AvgIpc) is 2.75. The van der Waals surface area contributed by atoms with E-state index in [9.17, 15) is 8.42 Å². The van der Waals surface area contributed by atoms with Gasteiger partial charge in [0.1, 0.15) is 0 Å². The third-order valence-corrected chi connectivity index (χ3v) is 4.78. The van der Waals surface area contributed by atoms with Crippen LogP contribution >= 0.6 is 11.3 Å². The maximum atomic E-state index is 11.1. The second-order valence-corrected chi connectivity index (χ2v) is 6.69. The van der Waals surface area contributed by atoms with Crippen molar-refractivity contribution < 1.29 is 8.42 Å². The minimum Gasteiger partial charge on any atom is -0.378 e. The summed E-state index contributed by atoms with van der Waals surface area (Å²) in [5.74, 6) is 0. The molecule has 2 aromatic rings. The number of aromatic nitrogens is 1. The van der Waals surface area contributed by atoms with Crippen LogP contribution in [0.3, 0.4) is 0 Å². The number of aryl methyl sites for hydroxylation is 1. The standard InChI is InChI=1S/C12H15N3O2S2/c1-8-12(18-7-14-8)9(2)15-10-3-5-11(6-4-10)19(13,16)17/h3-7,9,15H,1-2H3,(H2,13,16,17). The van der Waals surface area contributed by atoms with Crippen molar-refractivity contribution in [1.29, 1.82) is 0 Å². The van der Waals surface area contributed by atoms with Crippen LogP contribution in [0.15, 0.2) is 34.7 Å². The third kappa shape index (κ3) is 3.31. The maximum absolute atomic E-state index is 11.1. The van der Waals surface area contributed by atoms with Gasteiger partial charge in [-0.25, -0.2) is 18.5 Å². The lowest BCUT2D eigenvalue weighted by atomic mass is 10.2. The summed E-state index contributed by atoms with van der Waals surface area (Å²) in [6, 6.07) is 6.50. The van der Waals surface area contributed by atoms with Gasteiger partial charge >= 0.3 is 0 Å². The molecular formula is C12H15N3O2S2. The number of hydrogen-bond acceptors (Lipinski definition) is 5. The number of anilines is 1. The highest BCUT2D eigenvalue weighted by atomic mass is 32.2. The quantitative estimate of drug-likeness (QED) is 0.906. The largest absolute Gasteiger partial charge is 0.378 e. The summed E-state index contributed by atoms with van der Waals surface area (Å²) in [7, 11) is -3.63. The number of benzene rings is 1. The first-order valence-electron chi connectivity index (χ1n) is 5.67. The van der Waals surface area contributed by atoms with Crippen molar-refractivity contribution in [3.63, 3.8) is 0 Å². The Hall–Kier alpha value is -1.44. The minimum absolute atomic E-state index is 0.111. The normalized spacial score (nSPS) is 13.2. The molecular weight excluding hydrogens is 282 g/mol. The molecule has 1 aromatic carbocycles. The molecule has 1 heterocycles. The second-order valence-electron chi connectivity index (χ2n) is 4.24. The summed E-state index contributed by atoms with van der Waals surface area (Å²) in [5.41, 5.74) is 3.66. The van der Waals surface area contributed by atoms with Gasteiger partial charge < -0.3 is 5.32 Å². The molecule has 7 heteroatoms. The van der Waals surface area contributed by atoms with E-state index in [0.29, 0.717) is 0 Å². The lowest BCUT2D eigenvalue weighted by Crippen LogP contribution is -2.12. The predicted molar refractivity (Wildman–Crippen MR) is 76.7 cm³/mol. The van der Waals surface area contributed by atoms with Crippen LogP contribution in [0.5, 0.6) is 0 Å². The van der Waals surface area contributed by atoms with Gasteiger partial charge in [0, 0.05) is 10.6 Å². The molecule has 0 amide bonds. The summed E-state index contributed by atoms with van der Waals surface area (Å²) < 4.78 is 22.3. The van der Waals surface area contributed by atoms with Gasteiger partial charge in [-0.05, 0) is 38.1 Å². The lowest BCUT2D eigenvalue weighted by Gasteiger charge is -2.14. The van der Waals surface area contributed by atoms with Crippen LogP contribution in [0.4, 0.5) is 5.69 Å². The van der Waals surface area contributed by atoms with Crippen molar-refractivity contribution in [1.82, 2.24) is 4.98 Å². The summed E-state index contributed by atoms with van der Waals surface area (Å²) in [4.78, 5) is 5.48. The van der Waals surface area contributed by atoms with E-state index < -0.39 is 10.0 Å². The Kier molecular flexibility index (Phi) is 3.88. The number of hydrogen-bond donors (Lipinski definition) is 2. The molecule has 1 unspecified atom stereocenters. The van der Waals surface area contributed by atoms with E-state index in [2.05, 4.69) is 10.3 Å². The van der Waals surface area contributed by atoms with E-state index in [1.165, 1.54) is 12.1 Å². The lowest BCUT2D eigenvalue weighted by molar-refractivity contribution is 0.598.